The molecule has 3 nitrogen and oxygen atoms in total. The standard InChI is InChI=1S/C7H7FO3/c8-7(6(10)11)3-1-2-4(9)5(3)7/h3,5H,1-2H2,(H,10,11)/t3-,5-,7-/m1/s1. The largest absolute Gasteiger partial charge is 0.479 e. The zero-order chi connectivity index (χ0) is 8.22. The van der Waals surface area contributed by atoms with E-state index >= 15 is 0 Å². The maximum Gasteiger partial charge on any atom is 0.342 e. The van der Waals surface area contributed by atoms with Gasteiger partial charge in [0.25, 0.3) is 0 Å². The smallest absolute Gasteiger partial charge is 0.342 e. The average Bonchev–Trinajstić information content (AvgIpc) is 2.30. The number of carbonyl (C=O) groups is 2. The topological polar surface area (TPSA) is 54.4 Å². The predicted octanol–water partition coefficient (Wildman–Crippen LogP) is 0.388. The van der Waals surface area contributed by atoms with Gasteiger partial charge in [0.05, 0.1) is 5.92 Å². The number of hydrogen-bond acceptors (Lipinski definition) is 2. The Morgan fingerprint density at radius 2 is 2.36 bits per heavy atom. The maximum atomic E-state index is 13.2. The second-order valence-electron chi connectivity index (χ2n) is 3.16. The van der Waals surface area contributed by atoms with Crippen LogP contribution in [0, 0.1) is 11.8 Å². The van der Waals surface area contributed by atoms with Crippen molar-refractivity contribution in [3.8, 4) is 0 Å². The van der Waals surface area contributed by atoms with Gasteiger partial charge in [-0.1, -0.05) is 0 Å². The molecule has 0 aromatic heterocycles. The van der Waals surface area contributed by atoms with Crippen LogP contribution in [0.3, 0.4) is 0 Å². The number of carboxylic acid groups (broad SMARTS) is 1. The van der Waals surface area contributed by atoms with Gasteiger partial charge < -0.3 is 5.11 Å². The summed E-state index contributed by atoms with van der Waals surface area (Å²) in [5.41, 5.74) is -2.20. The normalized spacial score (nSPS) is 47.2. The molecular weight excluding hydrogens is 151 g/mol. The lowest BCUT2D eigenvalue weighted by molar-refractivity contribution is -0.147. The molecule has 11 heavy (non-hydrogen) atoms. The number of carboxylic acids is 1. The Kier molecular flexibility index (Phi) is 0.998. The first kappa shape index (κ1) is 6.76. The minimum Gasteiger partial charge on any atom is -0.479 e. The van der Waals surface area contributed by atoms with Crippen molar-refractivity contribution in [3.63, 3.8) is 0 Å². The highest BCUT2D eigenvalue weighted by Gasteiger charge is 2.76. The van der Waals surface area contributed by atoms with Crippen LogP contribution < -0.4 is 0 Å². The van der Waals surface area contributed by atoms with Gasteiger partial charge in [-0.2, -0.15) is 0 Å². The molecule has 2 aliphatic rings. The lowest BCUT2D eigenvalue weighted by Crippen LogP contribution is -2.25. The van der Waals surface area contributed by atoms with Crippen molar-refractivity contribution in [2.75, 3.05) is 0 Å². The summed E-state index contributed by atoms with van der Waals surface area (Å²) < 4.78 is 13.2. The summed E-state index contributed by atoms with van der Waals surface area (Å²) in [6.07, 6.45) is 0.764. The Balaban J connectivity index is 2.25. The fraction of sp³-hybridized carbons (Fsp3) is 0.714. The monoisotopic (exact) mass is 158 g/mol. The van der Waals surface area contributed by atoms with Crippen molar-refractivity contribution < 1.29 is 19.1 Å². The first-order valence-electron chi connectivity index (χ1n) is 3.53. The molecule has 0 heterocycles. The summed E-state index contributed by atoms with van der Waals surface area (Å²) in [7, 11) is 0. The fourth-order valence-electron chi connectivity index (χ4n) is 2.01. The molecule has 0 amide bonds. The van der Waals surface area contributed by atoms with Crippen molar-refractivity contribution >= 4 is 11.8 Å². The Hall–Kier alpha value is -0.930. The van der Waals surface area contributed by atoms with Gasteiger partial charge in [0, 0.05) is 12.3 Å². The van der Waals surface area contributed by atoms with Crippen LogP contribution in [-0.2, 0) is 9.59 Å². The quantitative estimate of drug-likeness (QED) is 0.600. The van der Waals surface area contributed by atoms with E-state index in [1.54, 1.807) is 0 Å². The molecule has 2 rings (SSSR count). The second kappa shape index (κ2) is 1.62. The number of aliphatic carboxylic acids is 1. The van der Waals surface area contributed by atoms with Gasteiger partial charge in [-0.15, -0.1) is 0 Å². The molecule has 1 N–H and O–H groups in total. The van der Waals surface area contributed by atoms with E-state index in [1.807, 2.05) is 0 Å². The van der Waals surface area contributed by atoms with Crippen LogP contribution in [0.2, 0.25) is 0 Å². The number of fused-ring (bicyclic) bond motifs is 1. The molecule has 0 radical (unpaired) electrons. The van der Waals surface area contributed by atoms with Gasteiger partial charge in [0.2, 0.25) is 5.67 Å². The van der Waals surface area contributed by atoms with E-state index in [0.29, 0.717) is 12.8 Å². The SMILES string of the molecule is O=C1CC[C@@H]2[C@H]1[C@@]2(F)C(=O)O. The van der Waals surface area contributed by atoms with E-state index in [1.165, 1.54) is 0 Å². The van der Waals surface area contributed by atoms with Crippen LogP contribution in [0.4, 0.5) is 4.39 Å². The van der Waals surface area contributed by atoms with Crippen LogP contribution >= 0.6 is 0 Å². The van der Waals surface area contributed by atoms with E-state index in [4.69, 9.17) is 5.11 Å². The molecule has 4 heteroatoms. The van der Waals surface area contributed by atoms with Gasteiger partial charge in [0.1, 0.15) is 5.78 Å². The van der Waals surface area contributed by atoms with Crippen LogP contribution in [0.15, 0.2) is 0 Å². The van der Waals surface area contributed by atoms with Gasteiger partial charge in [-0.3, -0.25) is 4.79 Å². The molecule has 0 unspecified atom stereocenters. The minimum atomic E-state index is -2.20. The maximum absolute atomic E-state index is 13.2. The van der Waals surface area contributed by atoms with E-state index in [-0.39, 0.29) is 5.78 Å². The van der Waals surface area contributed by atoms with E-state index < -0.39 is 23.5 Å². The molecule has 0 bridgehead atoms. The molecule has 3 atom stereocenters. The molecule has 0 spiro atoms. The van der Waals surface area contributed by atoms with Crippen LogP contribution in [0.5, 0.6) is 0 Å². The lowest BCUT2D eigenvalue weighted by atomic mass is 10.1. The molecule has 0 aliphatic heterocycles. The van der Waals surface area contributed by atoms with E-state index in [9.17, 15) is 14.0 Å². The Morgan fingerprint density at radius 3 is 2.64 bits per heavy atom. The Morgan fingerprint density at radius 1 is 1.73 bits per heavy atom. The third-order valence-corrected chi connectivity index (χ3v) is 2.66. The first-order valence-corrected chi connectivity index (χ1v) is 3.53. The van der Waals surface area contributed by atoms with Gasteiger partial charge >= 0.3 is 5.97 Å². The summed E-state index contributed by atoms with van der Waals surface area (Å²) in [4.78, 5) is 21.1. The minimum absolute atomic E-state index is 0.222. The van der Waals surface area contributed by atoms with Crippen molar-refractivity contribution in [3.05, 3.63) is 0 Å². The fourth-order valence-corrected chi connectivity index (χ4v) is 2.01. The van der Waals surface area contributed by atoms with Crippen molar-refractivity contribution in [1.29, 1.82) is 0 Å². The van der Waals surface area contributed by atoms with Crippen molar-refractivity contribution in [2.24, 2.45) is 11.8 Å². The van der Waals surface area contributed by atoms with Crippen molar-refractivity contribution in [2.45, 2.75) is 18.5 Å². The number of Topliss-reactive ketones (excluding diaryl/α,β-unsaturated/α-hetero) is 1. The number of carbonyl (C=O) groups excluding carboxylic acids is 1. The number of rotatable bonds is 1. The van der Waals surface area contributed by atoms with E-state index in [0.717, 1.165) is 0 Å². The number of halogens is 1. The summed E-state index contributed by atoms with van der Waals surface area (Å²) in [5.74, 6) is -3.03. The Labute approximate surface area is 62.2 Å². The molecule has 0 aromatic carbocycles. The van der Waals surface area contributed by atoms with Gasteiger partial charge in [-0.25, -0.2) is 9.18 Å². The third-order valence-electron chi connectivity index (χ3n) is 2.66. The molecule has 2 aliphatic carbocycles. The molecule has 0 aromatic rings. The highest BCUT2D eigenvalue weighted by molar-refractivity contribution is 5.99. The highest BCUT2D eigenvalue weighted by Crippen LogP contribution is 2.61. The Bertz CT molecular complexity index is 248. The number of alkyl halides is 1. The summed E-state index contributed by atoms with van der Waals surface area (Å²) in [6, 6.07) is 0. The van der Waals surface area contributed by atoms with E-state index in [2.05, 4.69) is 0 Å². The number of hydrogen-bond donors (Lipinski definition) is 1. The average molecular weight is 158 g/mol. The van der Waals surface area contributed by atoms with Gasteiger partial charge in [0.15, 0.2) is 0 Å². The van der Waals surface area contributed by atoms with Crippen LogP contribution in [0.25, 0.3) is 0 Å². The predicted molar refractivity (Wildman–Crippen MR) is 32.7 cm³/mol. The summed E-state index contributed by atoms with van der Waals surface area (Å²) in [6.45, 7) is 0. The van der Waals surface area contributed by atoms with Crippen LogP contribution in [-0.4, -0.2) is 22.5 Å². The lowest BCUT2D eigenvalue weighted by Gasteiger charge is -2.02. The zero-order valence-corrected chi connectivity index (χ0v) is 5.71. The first-order chi connectivity index (χ1) is 5.08. The second-order valence-corrected chi connectivity index (χ2v) is 3.16. The van der Waals surface area contributed by atoms with Crippen LogP contribution in [0.1, 0.15) is 12.8 Å². The number of ketones is 1. The molecular formula is C7H7FO3. The zero-order valence-electron chi connectivity index (χ0n) is 5.71. The third kappa shape index (κ3) is 0.575. The molecule has 0 saturated heterocycles. The molecule has 2 saturated carbocycles. The summed E-state index contributed by atoms with van der Waals surface area (Å²) in [5, 5.41) is 8.41. The van der Waals surface area contributed by atoms with Gasteiger partial charge in [-0.05, 0) is 6.42 Å². The molecule has 2 fully saturated rings. The van der Waals surface area contributed by atoms with Crippen molar-refractivity contribution in [1.82, 2.24) is 0 Å². The highest BCUT2D eigenvalue weighted by atomic mass is 19.1. The molecule has 60 valence electrons. The summed E-state index contributed by atoms with van der Waals surface area (Å²) >= 11 is 0.